The van der Waals surface area contributed by atoms with Gasteiger partial charge in [0, 0.05) is 18.1 Å². The van der Waals surface area contributed by atoms with Crippen LogP contribution < -0.4 is 0 Å². The van der Waals surface area contributed by atoms with Gasteiger partial charge in [0.15, 0.2) is 5.70 Å². The molecule has 22 heavy (non-hydrogen) atoms. The predicted molar refractivity (Wildman–Crippen MR) is 86.5 cm³/mol. The number of carboxylic acids is 1. The Hall–Kier alpha value is -0.350. The monoisotopic (exact) mass is 363 g/mol. The second kappa shape index (κ2) is 6.27. The highest BCUT2D eigenvalue weighted by Gasteiger charge is 2.57. The maximum Gasteiger partial charge on any atom is 0.354 e. The number of nitrogens with zero attached hydrogens (tertiary/aromatic N) is 1. The van der Waals surface area contributed by atoms with E-state index < -0.39 is 29.2 Å². The average molecular weight is 363 g/mol. The van der Waals surface area contributed by atoms with Crippen LogP contribution in [0.15, 0.2) is 9.93 Å². The van der Waals surface area contributed by atoms with Gasteiger partial charge in [-0.1, -0.05) is 22.9 Å². The molecule has 9 heteroatoms. The van der Waals surface area contributed by atoms with Gasteiger partial charge in [0.1, 0.15) is 16.9 Å². The van der Waals surface area contributed by atoms with E-state index in [1.165, 1.54) is 28.4 Å². The first-order chi connectivity index (χ1) is 10.4. The number of fused-ring (bicyclic) bond motifs is 1. The molecular formula is C13H17NO5S3. The molecule has 3 aliphatic heterocycles. The standard InChI is InChI=1S/C13H17NO5S3/c1-6(15)8-10(16)14-9(12(17)18)13(21-11(8)14)20-7-2-4-22(19)5-3-7/h6-8,11,15H,2-5H2,1H3,(H,17,18)/t6-,7?,8+,11+,22?/m1/s1. The van der Waals surface area contributed by atoms with Crippen LogP contribution in [-0.2, 0) is 20.8 Å². The molecular weight excluding hydrogens is 346 g/mol. The first-order valence-electron chi connectivity index (χ1n) is 7.07. The third-order valence-corrected chi connectivity index (χ3v) is 8.40. The quantitative estimate of drug-likeness (QED) is 0.563. The summed E-state index contributed by atoms with van der Waals surface area (Å²) in [6, 6.07) is 0. The van der Waals surface area contributed by atoms with Crippen LogP contribution in [0.2, 0.25) is 0 Å². The molecule has 1 amide bonds. The van der Waals surface area contributed by atoms with Crippen molar-refractivity contribution in [3.63, 3.8) is 0 Å². The Labute approximate surface area is 139 Å². The van der Waals surface area contributed by atoms with Gasteiger partial charge in [-0.05, 0) is 6.92 Å². The second-order valence-corrected chi connectivity index (χ2v) is 9.98. The maximum atomic E-state index is 12.1. The summed E-state index contributed by atoms with van der Waals surface area (Å²) >= 11 is 2.09. The summed E-state index contributed by atoms with van der Waals surface area (Å²) in [6.45, 7) is 1.56. The summed E-state index contributed by atoms with van der Waals surface area (Å²) in [7, 11) is 0. The van der Waals surface area contributed by atoms with Gasteiger partial charge >= 0.3 is 5.97 Å². The molecule has 3 aliphatic rings. The normalized spacial score (nSPS) is 36.1. The van der Waals surface area contributed by atoms with Crippen LogP contribution in [-0.4, -0.2) is 59.8 Å². The minimum Gasteiger partial charge on any atom is -0.616 e. The van der Waals surface area contributed by atoms with Crippen LogP contribution in [0.5, 0.6) is 0 Å². The molecule has 0 aliphatic carbocycles. The number of β-lactam (4-membered cyclic amide) rings is 1. The third-order valence-electron chi connectivity index (χ3n) is 4.08. The zero-order valence-corrected chi connectivity index (χ0v) is 14.4. The summed E-state index contributed by atoms with van der Waals surface area (Å²) in [6.07, 6.45) is 0.817. The van der Waals surface area contributed by atoms with Gasteiger partial charge in [0.2, 0.25) is 5.91 Å². The molecule has 0 aromatic heterocycles. The Kier molecular flexibility index (Phi) is 4.71. The number of carboxylic acid groups (broad SMARTS) is 1. The van der Waals surface area contributed by atoms with Crippen molar-refractivity contribution < 1.29 is 24.4 Å². The van der Waals surface area contributed by atoms with Gasteiger partial charge in [-0.2, -0.15) is 0 Å². The smallest absolute Gasteiger partial charge is 0.354 e. The van der Waals surface area contributed by atoms with E-state index in [0.29, 0.717) is 15.7 Å². The van der Waals surface area contributed by atoms with Crippen molar-refractivity contribution >= 4 is 46.6 Å². The fourth-order valence-corrected chi connectivity index (χ4v) is 7.79. The highest BCUT2D eigenvalue weighted by molar-refractivity contribution is 8.23. The molecule has 6 nitrogen and oxygen atoms in total. The highest BCUT2D eigenvalue weighted by atomic mass is 32.2. The van der Waals surface area contributed by atoms with Crippen molar-refractivity contribution in [2.24, 2.45) is 5.92 Å². The van der Waals surface area contributed by atoms with Crippen molar-refractivity contribution in [2.45, 2.75) is 36.5 Å². The van der Waals surface area contributed by atoms with E-state index in [4.69, 9.17) is 0 Å². The van der Waals surface area contributed by atoms with E-state index in [0.717, 1.165) is 12.8 Å². The molecule has 0 bridgehead atoms. The molecule has 0 aromatic carbocycles. The lowest BCUT2D eigenvalue weighted by Crippen LogP contribution is -2.60. The average Bonchev–Trinajstić information content (AvgIpc) is 2.75. The first-order valence-corrected chi connectivity index (χ1v) is 10.3. The Morgan fingerprint density at radius 1 is 1.50 bits per heavy atom. The zero-order valence-electron chi connectivity index (χ0n) is 11.9. The first kappa shape index (κ1) is 16.5. The molecule has 122 valence electrons. The number of thioether (sulfide) groups is 2. The maximum absolute atomic E-state index is 12.1. The molecule has 0 spiro atoms. The number of amides is 1. The lowest BCUT2D eigenvalue weighted by molar-refractivity contribution is -0.156. The fraction of sp³-hybridized carbons (Fsp3) is 0.692. The van der Waals surface area contributed by atoms with E-state index in [1.807, 2.05) is 0 Å². The topological polar surface area (TPSA) is 101 Å². The molecule has 0 aromatic rings. The Morgan fingerprint density at radius 2 is 2.14 bits per heavy atom. The molecule has 0 radical (unpaired) electrons. The lowest BCUT2D eigenvalue weighted by Gasteiger charge is -2.43. The summed E-state index contributed by atoms with van der Waals surface area (Å²) < 4.78 is 12.0. The third kappa shape index (κ3) is 2.77. The molecule has 3 heterocycles. The van der Waals surface area contributed by atoms with Crippen molar-refractivity contribution in [2.75, 3.05) is 11.5 Å². The van der Waals surface area contributed by atoms with E-state index in [2.05, 4.69) is 0 Å². The Morgan fingerprint density at radius 3 is 2.68 bits per heavy atom. The predicted octanol–water partition coefficient (Wildman–Crippen LogP) is 0.796. The van der Waals surface area contributed by atoms with Crippen LogP contribution in [0.1, 0.15) is 19.8 Å². The Bertz CT molecular complexity index is 530. The number of carbonyl (C=O) groups is 2. The van der Waals surface area contributed by atoms with Crippen molar-refractivity contribution in [3.05, 3.63) is 9.93 Å². The van der Waals surface area contributed by atoms with Gasteiger partial charge in [0.05, 0.1) is 16.3 Å². The van der Waals surface area contributed by atoms with Gasteiger partial charge in [-0.3, -0.25) is 9.69 Å². The Balaban J connectivity index is 1.75. The van der Waals surface area contributed by atoms with E-state index in [1.54, 1.807) is 6.92 Å². The summed E-state index contributed by atoms with van der Waals surface area (Å²) in [4.78, 5) is 24.9. The van der Waals surface area contributed by atoms with Crippen LogP contribution in [0.4, 0.5) is 0 Å². The highest BCUT2D eigenvalue weighted by Crippen LogP contribution is 2.55. The second-order valence-electron chi connectivity index (χ2n) is 5.59. The van der Waals surface area contributed by atoms with Gasteiger partial charge in [-0.25, -0.2) is 4.79 Å². The zero-order chi connectivity index (χ0) is 16.0. The molecule has 0 unspecified atom stereocenters. The van der Waals surface area contributed by atoms with E-state index in [9.17, 15) is 24.4 Å². The van der Waals surface area contributed by atoms with Crippen molar-refractivity contribution in [3.8, 4) is 0 Å². The molecule has 2 saturated heterocycles. The number of rotatable bonds is 4. The van der Waals surface area contributed by atoms with Crippen LogP contribution >= 0.6 is 23.5 Å². The minimum atomic E-state index is -1.10. The van der Waals surface area contributed by atoms with Crippen LogP contribution in [0.3, 0.4) is 0 Å². The SMILES string of the molecule is C[C@@H](O)[C@H]1C(=O)N2C(C(=O)O)=C(SC3CC[S+]([O-])CC3)S[C@@H]12. The van der Waals surface area contributed by atoms with Crippen LogP contribution in [0.25, 0.3) is 0 Å². The number of aliphatic hydroxyl groups is 1. The molecule has 3 rings (SSSR count). The molecule has 0 saturated carbocycles. The molecule has 2 fully saturated rings. The summed E-state index contributed by atoms with van der Waals surface area (Å²) in [5, 5.41) is 19.1. The van der Waals surface area contributed by atoms with Gasteiger partial charge < -0.3 is 14.8 Å². The molecule has 3 atom stereocenters. The van der Waals surface area contributed by atoms with Crippen LogP contribution in [0, 0.1) is 5.92 Å². The number of hydrogen-bond donors (Lipinski definition) is 2. The van der Waals surface area contributed by atoms with E-state index in [-0.39, 0.29) is 22.2 Å². The lowest BCUT2D eigenvalue weighted by atomic mass is 9.92. The minimum absolute atomic E-state index is 0.0496. The summed E-state index contributed by atoms with van der Waals surface area (Å²) in [5.74, 6) is -0.642. The van der Waals surface area contributed by atoms with Gasteiger partial charge in [0.25, 0.3) is 0 Å². The van der Waals surface area contributed by atoms with E-state index >= 15 is 0 Å². The van der Waals surface area contributed by atoms with Crippen molar-refractivity contribution in [1.82, 2.24) is 4.90 Å². The number of aliphatic carboxylic acids is 1. The largest absolute Gasteiger partial charge is 0.616 e. The number of aliphatic hydroxyl groups excluding tert-OH is 1. The van der Waals surface area contributed by atoms with Crippen molar-refractivity contribution in [1.29, 1.82) is 0 Å². The molecule has 2 N–H and O–H groups in total. The summed E-state index contributed by atoms with van der Waals surface area (Å²) in [5.41, 5.74) is 0.0496. The fourth-order valence-electron chi connectivity index (χ4n) is 2.87. The number of hydrogen-bond acceptors (Lipinski definition) is 6. The van der Waals surface area contributed by atoms with Gasteiger partial charge in [-0.15, -0.1) is 11.8 Å². The number of carbonyl (C=O) groups excluding carboxylic acids is 1.